The molecule has 0 aliphatic heterocycles. The smallest absolute Gasteiger partial charge is 0.271 e. The third-order valence-electron chi connectivity index (χ3n) is 5.30. The summed E-state index contributed by atoms with van der Waals surface area (Å²) in [5.74, 6) is -0.327. The van der Waals surface area contributed by atoms with Gasteiger partial charge >= 0.3 is 0 Å². The van der Waals surface area contributed by atoms with Gasteiger partial charge in [-0.15, -0.1) is 0 Å². The van der Waals surface area contributed by atoms with E-state index in [1.54, 1.807) is 48.5 Å². The van der Waals surface area contributed by atoms with Crippen LogP contribution < -0.4 is 20.2 Å². The van der Waals surface area contributed by atoms with Gasteiger partial charge in [0.15, 0.2) is 11.5 Å². The molecule has 0 saturated carbocycles. The minimum absolute atomic E-state index is 0.0131. The van der Waals surface area contributed by atoms with E-state index in [1.165, 1.54) is 20.4 Å². The first kappa shape index (κ1) is 25.3. The molecule has 0 spiro atoms. The van der Waals surface area contributed by atoms with Gasteiger partial charge in [0, 0.05) is 22.4 Å². The lowest BCUT2D eigenvalue weighted by atomic mass is 9.87. The Morgan fingerprint density at radius 2 is 1.37 bits per heavy atom. The van der Waals surface area contributed by atoms with Gasteiger partial charge < -0.3 is 19.9 Å². The van der Waals surface area contributed by atoms with E-state index in [0.717, 1.165) is 5.56 Å². The summed E-state index contributed by atoms with van der Waals surface area (Å²) in [7, 11) is 2.85. The molecule has 0 heterocycles. The van der Waals surface area contributed by atoms with Crippen LogP contribution in [0.3, 0.4) is 0 Å². The molecule has 3 rings (SSSR count). The second-order valence-electron chi connectivity index (χ2n) is 8.83. The summed E-state index contributed by atoms with van der Waals surface area (Å²) in [5.41, 5.74) is 5.65. The fourth-order valence-corrected chi connectivity index (χ4v) is 3.25. The lowest BCUT2D eigenvalue weighted by molar-refractivity contribution is 0.0954. The molecule has 8 heteroatoms. The molecular formula is C27H29N3O5. The van der Waals surface area contributed by atoms with E-state index < -0.39 is 5.91 Å². The Labute approximate surface area is 204 Å². The number of ether oxygens (including phenoxy) is 2. The first-order valence-electron chi connectivity index (χ1n) is 10.9. The highest BCUT2D eigenvalue weighted by Crippen LogP contribution is 2.36. The summed E-state index contributed by atoms with van der Waals surface area (Å²) >= 11 is 0. The molecule has 3 aromatic rings. The van der Waals surface area contributed by atoms with Gasteiger partial charge in [0.25, 0.3) is 11.8 Å². The predicted molar refractivity (Wildman–Crippen MR) is 136 cm³/mol. The van der Waals surface area contributed by atoms with Crippen molar-refractivity contribution in [1.29, 1.82) is 0 Å². The van der Waals surface area contributed by atoms with Crippen molar-refractivity contribution in [3.8, 4) is 17.2 Å². The van der Waals surface area contributed by atoms with Crippen molar-refractivity contribution in [3.63, 3.8) is 0 Å². The Morgan fingerprint density at radius 3 is 1.89 bits per heavy atom. The van der Waals surface area contributed by atoms with Crippen molar-refractivity contribution in [2.45, 2.75) is 26.2 Å². The first-order chi connectivity index (χ1) is 16.6. The summed E-state index contributed by atoms with van der Waals surface area (Å²) in [6.45, 7) is 6.35. The minimum Gasteiger partial charge on any atom is -0.502 e. The van der Waals surface area contributed by atoms with Crippen molar-refractivity contribution in [1.82, 2.24) is 5.43 Å². The molecule has 3 aromatic carbocycles. The summed E-state index contributed by atoms with van der Waals surface area (Å²) in [5, 5.41) is 16.7. The molecule has 0 bridgehead atoms. The number of carbonyl (C=O) groups is 2. The van der Waals surface area contributed by atoms with Gasteiger partial charge in [-0.25, -0.2) is 5.43 Å². The average Bonchev–Trinajstić information content (AvgIpc) is 2.84. The number of phenolic OH excluding ortho intramolecular Hbond substituents is 1. The number of carbonyl (C=O) groups excluding carboxylic acids is 2. The number of hydrogen-bond acceptors (Lipinski definition) is 6. The number of rotatable bonds is 7. The molecular weight excluding hydrogens is 446 g/mol. The number of methoxy groups -OCH3 is 2. The number of hydrazone groups is 1. The van der Waals surface area contributed by atoms with Crippen molar-refractivity contribution in [2.24, 2.45) is 5.10 Å². The molecule has 35 heavy (non-hydrogen) atoms. The SMILES string of the molecule is COc1cc(/C=N/NC(=O)c2ccc(NC(=O)c3ccc(C(C)(C)C)cc3)cc2)cc(OC)c1O. The number of aromatic hydroxyl groups is 1. The Morgan fingerprint density at radius 1 is 0.857 bits per heavy atom. The zero-order valence-electron chi connectivity index (χ0n) is 20.4. The van der Waals surface area contributed by atoms with Crippen LogP contribution in [0, 0.1) is 0 Å². The van der Waals surface area contributed by atoms with Crippen molar-refractivity contribution < 1.29 is 24.2 Å². The lowest BCUT2D eigenvalue weighted by Crippen LogP contribution is -2.18. The Balaban J connectivity index is 1.60. The zero-order chi connectivity index (χ0) is 25.6. The maximum absolute atomic E-state index is 12.5. The number of benzene rings is 3. The van der Waals surface area contributed by atoms with E-state index in [2.05, 4.69) is 36.6 Å². The average molecular weight is 476 g/mol. The van der Waals surface area contributed by atoms with Crippen LogP contribution in [0.1, 0.15) is 52.6 Å². The van der Waals surface area contributed by atoms with Crippen LogP contribution >= 0.6 is 0 Å². The van der Waals surface area contributed by atoms with E-state index in [4.69, 9.17) is 9.47 Å². The summed E-state index contributed by atoms with van der Waals surface area (Å²) in [6.07, 6.45) is 1.40. The Bertz CT molecular complexity index is 1200. The molecule has 2 amide bonds. The molecule has 0 aromatic heterocycles. The Kier molecular flexibility index (Phi) is 7.76. The number of nitrogens with zero attached hydrogens (tertiary/aromatic N) is 1. The number of phenols is 1. The maximum Gasteiger partial charge on any atom is 0.271 e. The molecule has 0 aliphatic carbocycles. The molecule has 0 saturated heterocycles. The van der Waals surface area contributed by atoms with Crippen molar-refractivity contribution >= 4 is 23.7 Å². The van der Waals surface area contributed by atoms with Crippen LogP contribution in [0.25, 0.3) is 0 Å². The van der Waals surface area contributed by atoms with Gasteiger partial charge in [-0.1, -0.05) is 32.9 Å². The van der Waals surface area contributed by atoms with Gasteiger partial charge in [0.1, 0.15) is 0 Å². The standard InChI is InChI=1S/C27H29N3O5/c1-27(2,3)20-10-6-18(7-11-20)25(32)29-21-12-8-19(9-13-21)26(33)30-28-16-17-14-22(34-4)24(31)23(15-17)35-5/h6-16,31H,1-5H3,(H,29,32)(H,30,33)/b28-16+. The van der Waals surface area contributed by atoms with E-state index in [1.807, 2.05) is 12.1 Å². The Hall–Kier alpha value is -4.33. The molecule has 0 fully saturated rings. The third-order valence-corrected chi connectivity index (χ3v) is 5.30. The van der Waals surface area contributed by atoms with Crippen molar-refractivity contribution in [3.05, 3.63) is 82.9 Å². The highest BCUT2D eigenvalue weighted by atomic mass is 16.5. The largest absolute Gasteiger partial charge is 0.502 e. The molecule has 8 nitrogen and oxygen atoms in total. The topological polar surface area (TPSA) is 109 Å². The highest BCUT2D eigenvalue weighted by molar-refractivity contribution is 6.04. The predicted octanol–water partition coefficient (Wildman–Crippen LogP) is 4.72. The normalized spacial score (nSPS) is 11.2. The number of anilines is 1. The van der Waals surface area contributed by atoms with Crippen LogP contribution in [0.4, 0.5) is 5.69 Å². The van der Waals surface area contributed by atoms with Crippen molar-refractivity contribution in [2.75, 3.05) is 19.5 Å². The van der Waals surface area contributed by atoms with E-state index in [-0.39, 0.29) is 28.6 Å². The van der Waals surface area contributed by atoms with E-state index in [0.29, 0.717) is 22.4 Å². The minimum atomic E-state index is -0.422. The second-order valence-corrected chi connectivity index (χ2v) is 8.83. The van der Waals surface area contributed by atoms with Crippen LogP contribution in [-0.2, 0) is 5.41 Å². The second kappa shape index (κ2) is 10.7. The number of amides is 2. The first-order valence-corrected chi connectivity index (χ1v) is 10.9. The van der Waals surface area contributed by atoms with Crippen LogP contribution in [0.5, 0.6) is 17.2 Å². The quantitative estimate of drug-likeness (QED) is 0.338. The maximum atomic E-state index is 12.5. The third kappa shape index (κ3) is 6.38. The monoisotopic (exact) mass is 475 g/mol. The molecule has 0 radical (unpaired) electrons. The van der Waals surface area contributed by atoms with E-state index in [9.17, 15) is 14.7 Å². The molecule has 0 atom stereocenters. The zero-order valence-corrected chi connectivity index (χ0v) is 20.4. The van der Waals surface area contributed by atoms with Crippen LogP contribution in [-0.4, -0.2) is 37.4 Å². The number of nitrogens with one attached hydrogen (secondary N) is 2. The van der Waals surface area contributed by atoms with Gasteiger partial charge in [0.05, 0.1) is 20.4 Å². The van der Waals surface area contributed by atoms with Crippen LogP contribution in [0.15, 0.2) is 65.8 Å². The van der Waals surface area contributed by atoms with Gasteiger partial charge in [-0.05, 0) is 59.5 Å². The fourth-order valence-electron chi connectivity index (χ4n) is 3.25. The van der Waals surface area contributed by atoms with Gasteiger partial charge in [0.2, 0.25) is 5.75 Å². The molecule has 0 unspecified atom stereocenters. The highest BCUT2D eigenvalue weighted by Gasteiger charge is 2.15. The van der Waals surface area contributed by atoms with Gasteiger partial charge in [-0.3, -0.25) is 9.59 Å². The van der Waals surface area contributed by atoms with Gasteiger partial charge in [-0.2, -0.15) is 5.10 Å². The number of hydrogen-bond donors (Lipinski definition) is 3. The molecule has 0 aliphatic rings. The molecule has 182 valence electrons. The molecule has 3 N–H and O–H groups in total. The lowest BCUT2D eigenvalue weighted by Gasteiger charge is -2.19. The fraction of sp³-hybridized carbons (Fsp3) is 0.222. The summed E-state index contributed by atoms with van der Waals surface area (Å²) in [4.78, 5) is 24.9. The summed E-state index contributed by atoms with van der Waals surface area (Å²) < 4.78 is 10.2. The summed E-state index contributed by atoms with van der Waals surface area (Å²) in [6, 6.07) is 17.1. The van der Waals surface area contributed by atoms with Crippen LogP contribution in [0.2, 0.25) is 0 Å². The van der Waals surface area contributed by atoms with E-state index >= 15 is 0 Å².